The van der Waals surface area contributed by atoms with E-state index in [2.05, 4.69) is 10.3 Å². The van der Waals surface area contributed by atoms with Crippen LogP contribution in [-0.4, -0.2) is 16.8 Å². The van der Waals surface area contributed by atoms with Crippen molar-refractivity contribution in [1.82, 2.24) is 4.98 Å². The molecule has 0 unspecified atom stereocenters. The number of para-hydroxylation sites is 1. The zero-order chi connectivity index (χ0) is 24.6. The number of hydrogen-bond donors (Lipinski definition) is 1. The molecule has 0 saturated carbocycles. The maximum atomic E-state index is 13.2. The van der Waals surface area contributed by atoms with Crippen molar-refractivity contribution in [1.29, 1.82) is 0 Å². The van der Waals surface area contributed by atoms with Gasteiger partial charge in [0.05, 0.1) is 28.9 Å². The highest BCUT2D eigenvalue weighted by Gasteiger charge is 2.33. The van der Waals surface area contributed by atoms with Gasteiger partial charge in [-0.2, -0.15) is 13.2 Å². The second-order valence-corrected chi connectivity index (χ2v) is 8.06. The van der Waals surface area contributed by atoms with Gasteiger partial charge in [0.1, 0.15) is 0 Å². The van der Waals surface area contributed by atoms with Crippen LogP contribution < -0.4 is 10.2 Å². The van der Waals surface area contributed by atoms with Gasteiger partial charge in [0, 0.05) is 28.9 Å². The van der Waals surface area contributed by atoms with Crippen molar-refractivity contribution in [3.05, 3.63) is 108 Å². The Morgan fingerprint density at radius 3 is 2.51 bits per heavy atom. The Kier molecular flexibility index (Phi) is 5.56. The molecule has 5 nitrogen and oxygen atoms in total. The molecule has 1 aliphatic rings. The Morgan fingerprint density at radius 1 is 0.971 bits per heavy atom. The van der Waals surface area contributed by atoms with Gasteiger partial charge in [0.15, 0.2) is 0 Å². The van der Waals surface area contributed by atoms with Crippen LogP contribution in [0.4, 0.5) is 24.5 Å². The molecular weight excluding hydrogens is 455 g/mol. The van der Waals surface area contributed by atoms with Gasteiger partial charge >= 0.3 is 6.18 Å². The molecule has 35 heavy (non-hydrogen) atoms. The average Bonchev–Trinajstić information content (AvgIpc) is 3.10. The highest BCUT2D eigenvalue weighted by molar-refractivity contribution is 6.35. The van der Waals surface area contributed by atoms with Gasteiger partial charge in [-0.3, -0.25) is 14.6 Å². The molecule has 0 spiro atoms. The molecule has 174 valence electrons. The van der Waals surface area contributed by atoms with Gasteiger partial charge < -0.3 is 10.2 Å². The molecule has 1 N–H and O–H groups in total. The third-order valence-corrected chi connectivity index (χ3v) is 5.73. The van der Waals surface area contributed by atoms with Crippen LogP contribution in [0.5, 0.6) is 0 Å². The number of hydrogen-bond acceptors (Lipinski definition) is 3. The number of anilines is 2. The molecule has 1 aromatic heterocycles. The van der Waals surface area contributed by atoms with Crippen LogP contribution in [0.2, 0.25) is 0 Å². The summed E-state index contributed by atoms with van der Waals surface area (Å²) in [6, 6.07) is 20.7. The van der Waals surface area contributed by atoms with E-state index in [4.69, 9.17) is 0 Å². The molecule has 1 aliphatic heterocycles. The maximum absolute atomic E-state index is 13.2. The molecule has 0 radical (unpaired) electrons. The van der Waals surface area contributed by atoms with E-state index >= 15 is 0 Å². The number of carbonyl (C=O) groups excluding carboxylic acids is 2. The highest BCUT2D eigenvalue weighted by Crippen LogP contribution is 2.38. The summed E-state index contributed by atoms with van der Waals surface area (Å²) < 4.78 is 38.6. The second kappa shape index (κ2) is 8.72. The van der Waals surface area contributed by atoms with Gasteiger partial charge in [-0.1, -0.05) is 36.4 Å². The molecule has 4 aromatic rings. The fraction of sp³-hybridized carbons (Fsp3) is 0.0741. The molecule has 0 saturated heterocycles. The fourth-order valence-corrected chi connectivity index (χ4v) is 4.05. The van der Waals surface area contributed by atoms with E-state index < -0.39 is 23.6 Å². The Labute approximate surface area is 198 Å². The van der Waals surface area contributed by atoms with Crippen LogP contribution in [-0.2, 0) is 22.3 Å². The Morgan fingerprint density at radius 2 is 1.74 bits per heavy atom. The summed E-state index contributed by atoms with van der Waals surface area (Å²) in [6.07, 6.45) is -1.49. The largest absolute Gasteiger partial charge is 0.416 e. The molecule has 8 heteroatoms. The van der Waals surface area contributed by atoms with Crippen molar-refractivity contribution >= 4 is 39.7 Å². The van der Waals surface area contributed by atoms with Gasteiger partial charge in [-0.05, 0) is 48.0 Å². The summed E-state index contributed by atoms with van der Waals surface area (Å²) in [5.74, 6) is -0.869. The first-order valence-electron chi connectivity index (χ1n) is 10.7. The standard InChI is InChI=1S/C27H18F3N3O2/c28-27(29,30)19-9-7-17(8-10-19)16-33-24-6-2-1-5-21(24)22(26(33)35)15-25(34)32-20-11-12-23-18(14-20)4-3-13-31-23/h1-15H,16H2,(H,32,34)/b22-15+. The van der Waals surface area contributed by atoms with E-state index in [-0.39, 0.29) is 12.1 Å². The zero-order valence-electron chi connectivity index (χ0n) is 18.2. The van der Waals surface area contributed by atoms with E-state index in [1.807, 2.05) is 6.07 Å². The van der Waals surface area contributed by atoms with Gasteiger partial charge in [-0.15, -0.1) is 0 Å². The number of nitrogens with one attached hydrogen (secondary N) is 1. The topological polar surface area (TPSA) is 62.3 Å². The monoisotopic (exact) mass is 473 g/mol. The third-order valence-electron chi connectivity index (χ3n) is 5.73. The molecule has 2 amide bonds. The SMILES string of the molecule is O=C(/C=C1/C(=O)N(Cc2ccc(C(F)(F)F)cc2)c2ccccc21)Nc1ccc2ncccc2c1. The minimum atomic E-state index is -4.43. The minimum absolute atomic E-state index is 0.0740. The molecule has 0 bridgehead atoms. The summed E-state index contributed by atoms with van der Waals surface area (Å²) >= 11 is 0. The van der Waals surface area contributed by atoms with E-state index in [1.165, 1.54) is 23.1 Å². The Bertz CT molecular complexity index is 1480. The summed E-state index contributed by atoms with van der Waals surface area (Å²) in [5.41, 5.74) is 2.53. The number of pyridine rings is 1. The zero-order valence-corrected chi connectivity index (χ0v) is 18.2. The van der Waals surface area contributed by atoms with E-state index in [0.29, 0.717) is 22.5 Å². The number of carbonyl (C=O) groups is 2. The van der Waals surface area contributed by atoms with Crippen molar-refractivity contribution in [3.63, 3.8) is 0 Å². The van der Waals surface area contributed by atoms with E-state index in [1.54, 1.807) is 54.7 Å². The first-order valence-corrected chi connectivity index (χ1v) is 10.7. The third kappa shape index (κ3) is 4.50. The van der Waals surface area contributed by atoms with Crippen LogP contribution in [0.1, 0.15) is 16.7 Å². The molecule has 5 rings (SSSR count). The second-order valence-electron chi connectivity index (χ2n) is 8.06. The first kappa shape index (κ1) is 22.3. The summed E-state index contributed by atoms with van der Waals surface area (Å²) in [7, 11) is 0. The quantitative estimate of drug-likeness (QED) is 0.380. The highest BCUT2D eigenvalue weighted by atomic mass is 19.4. The van der Waals surface area contributed by atoms with Crippen molar-refractivity contribution in [2.75, 3.05) is 10.2 Å². The normalized spacial score (nSPS) is 14.4. The predicted molar refractivity (Wildman–Crippen MR) is 127 cm³/mol. The number of nitrogens with zero attached hydrogens (tertiary/aromatic N) is 2. The lowest BCUT2D eigenvalue weighted by Gasteiger charge is -2.17. The molecule has 0 fully saturated rings. The average molecular weight is 473 g/mol. The number of halogens is 3. The Balaban J connectivity index is 1.39. The molecule has 0 atom stereocenters. The van der Waals surface area contributed by atoms with Crippen LogP contribution in [0, 0.1) is 0 Å². The van der Waals surface area contributed by atoms with Crippen LogP contribution in [0.3, 0.4) is 0 Å². The summed E-state index contributed by atoms with van der Waals surface area (Å²) in [6.45, 7) is 0.0740. The fourth-order valence-electron chi connectivity index (χ4n) is 4.05. The lowest BCUT2D eigenvalue weighted by Crippen LogP contribution is -2.26. The first-order chi connectivity index (χ1) is 16.8. The number of aromatic nitrogens is 1. The van der Waals surface area contributed by atoms with Gasteiger partial charge in [-0.25, -0.2) is 0 Å². The smallest absolute Gasteiger partial charge is 0.322 e. The number of fused-ring (bicyclic) bond motifs is 2. The van der Waals surface area contributed by atoms with E-state index in [0.717, 1.165) is 23.0 Å². The van der Waals surface area contributed by atoms with Gasteiger partial charge in [0.25, 0.3) is 5.91 Å². The molecule has 0 aliphatic carbocycles. The van der Waals surface area contributed by atoms with Crippen LogP contribution >= 0.6 is 0 Å². The number of alkyl halides is 3. The molecular formula is C27H18F3N3O2. The number of benzene rings is 3. The van der Waals surface area contributed by atoms with Crippen molar-refractivity contribution in [2.24, 2.45) is 0 Å². The van der Waals surface area contributed by atoms with Crippen molar-refractivity contribution in [3.8, 4) is 0 Å². The number of rotatable bonds is 4. The summed E-state index contributed by atoms with van der Waals surface area (Å²) in [5, 5.41) is 3.64. The van der Waals surface area contributed by atoms with Crippen molar-refractivity contribution < 1.29 is 22.8 Å². The van der Waals surface area contributed by atoms with E-state index in [9.17, 15) is 22.8 Å². The summed E-state index contributed by atoms with van der Waals surface area (Å²) in [4.78, 5) is 31.7. The molecule has 2 heterocycles. The lowest BCUT2D eigenvalue weighted by atomic mass is 10.1. The van der Waals surface area contributed by atoms with Crippen LogP contribution in [0.25, 0.3) is 16.5 Å². The predicted octanol–water partition coefficient (Wildman–Crippen LogP) is 5.82. The van der Waals surface area contributed by atoms with Crippen LogP contribution in [0.15, 0.2) is 91.1 Å². The Hall–Kier alpha value is -4.46. The van der Waals surface area contributed by atoms with Gasteiger partial charge in [0.2, 0.25) is 5.91 Å². The maximum Gasteiger partial charge on any atom is 0.416 e. The lowest BCUT2D eigenvalue weighted by molar-refractivity contribution is -0.137. The number of amides is 2. The molecule has 3 aromatic carbocycles. The minimum Gasteiger partial charge on any atom is -0.322 e. The van der Waals surface area contributed by atoms with Crippen molar-refractivity contribution in [2.45, 2.75) is 12.7 Å².